The molecule has 0 saturated carbocycles. The number of nitriles is 1. The summed E-state index contributed by atoms with van der Waals surface area (Å²) in [5, 5.41) is 18.6. The molecule has 2 aromatic heterocycles. The number of methoxy groups -OCH3 is 1. The molecule has 1 aliphatic rings. The van der Waals surface area contributed by atoms with Gasteiger partial charge in [0, 0.05) is 50.7 Å². The molecule has 0 unspecified atom stereocenters. The van der Waals surface area contributed by atoms with E-state index in [1.54, 1.807) is 21.6 Å². The minimum atomic E-state index is -1.14. The fourth-order valence-electron chi connectivity index (χ4n) is 5.89. The number of fused-ring (bicyclic) bond motifs is 1. The summed E-state index contributed by atoms with van der Waals surface area (Å²) < 4.78 is 58.7. The molecule has 1 aliphatic heterocycles. The maximum Gasteiger partial charge on any atom is 0.335 e. The van der Waals surface area contributed by atoms with E-state index in [0.29, 0.717) is 23.4 Å². The van der Waals surface area contributed by atoms with Crippen LogP contribution in [0.2, 0.25) is 0 Å². The van der Waals surface area contributed by atoms with Crippen LogP contribution in [-0.2, 0) is 22.6 Å². The van der Waals surface area contributed by atoms with E-state index in [4.69, 9.17) is 14.7 Å². The van der Waals surface area contributed by atoms with Crippen LogP contribution in [0.3, 0.4) is 0 Å². The number of ether oxygens (including phenoxy) is 2. The minimum absolute atomic E-state index is 0.00894. The highest BCUT2D eigenvalue weighted by Crippen LogP contribution is 2.33. The molecule has 1 amide bonds. The number of amides is 1. The number of aromatic nitrogens is 3. The molecule has 1 N–H and O–H groups in total. The van der Waals surface area contributed by atoms with E-state index >= 15 is 8.78 Å². The third kappa shape index (κ3) is 6.30. The Bertz CT molecular complexity index is 2110. The molecule has 1 fully saturated rings. The standard InChI is InChI=1S/C35H28F3N5O5/c1-19(44)42-16-31(32(17-42)47-2)43-30-12-21(35(45)46)8-9-29(30)40-33(43)13-23-11-27(38)24(14-26(23)37)28-4-3-5-34(41-28)48-18-22-7-6-20(15-39)10-25(22)36/h3-12,14,31-32H,13,16-18H2,1-2H3,(H,45,46)/t31-,32+/m0/s1. The van der Waals surface area contributed by atoms with E-state index in [1.165, 1.54) is 50.4 Å². The monoisotopic (exact) mass is 655 g/mol. The molecule has 0 spiro atoms. The Morgan fingerprint density at radius 1 is 0.979 bits per heavy atom. The Morgan fingerprint density at radius 3 is 2.48 bits per heavy atom. The number of carboxylic acid groups (broad SMARTS) is 1. The molecule has 0 bridgehead atoms. The lowest BCUT2D eigenvalue weighted by atomic mass is 10.0. The van der Waals surface area contributed by atoms with Crippen molar-refractivity contribution in [1.82, 2.24) is 19.4 Å². The van der Waals surface area contributed by atoms with Gasteiger partial charge in [-0.1, -0.05) is 12.1 Å². The number of carbonyl (C=O) groups excluding carboxylic acids is 1. The summed E-state index contributed by atoms with van der Waals surface area (Å²) in [6, 6.07) is 16.4. The maximum absolute atomic E-state index is 15.7. The van der Waals surface area contributed by atoms with Crippen LogP contribution in [0.4, 0.5) is 13.2 Å². The van der Waals surface area contributed by atoms with E-state index in [-0.39, 0.29) is 64.9 Å². The largest absolute Gasteiger partial charge is 0.478 e. The second-order valence-electron chi connectivity index (χ2n) is 11.3. The van der Waals surface area contributed by atoms with E-state index in [0.717, 1.165) is 18.2 Å². The molecule has 1 saturated heterocycles. The number of likely N-dealkylation sites (tertiary alicyclic amines) is 1. The van der Waals surface area contributed by atoms with Gasteiger partial charge in [0.2, 0.25) is 11.8 Å². The topological polar surface area (TPSA) is 131 Å². The smallest absolute Gasteiger partial charge is 0.335 e. The Balaban J connectivity index is 1.31. The van der Waals surface area contributed by atoms with E-state index < -0.39 is 35.6 Å². The average molecular weight is 656 g/mol. The average Bonchev–Trinajstić information content (AvgIpc) is 3.66. The van der Waals surface area contributed by atoms with Crippen LogP contribution < -0.4 is 4.74 Å². The van der Waals surface area contributed by atoms with Crippen molar-refractivity contribution in [2.75, 3.05) is 20.2 Å². The molecule has 13 heteroatoms. The normalized spacial score (nSPS) is 15.9. The molecule has 2 atom stereocenters. The summed E-state index contributed by atoms with van der Waals surface area (Å²) in [5.41, 5.74) is 1.24. The molecule has 3 aromatic carbocycles. The first-order chi connectivity index (χ1) is 23.1. The highest BCUT2D eigenvalue weighted by Gasteiger charge is 2.37. The molecule has 3 heterocycles. The van der Waals surface area contributed by atoms with E-state index in [9.17, 15) is 19.1 Å². The van der Waals surface area contributed by atoms with Gasteiger partial charge in [-0.25, -0.2) is 27.9 Å². The van der Waals surface area contributed by atoms with E-state index in [2.05, 4.69) is 9.97 Å². The molecule has 6 rings (SSSR count). The van der Waals surface area contributed by atoms with Gasteiger partial charge in [0.1, 0.15) is 29.9 Å². The number of halogens is 3. The fraction of sp³-hybridized carbons (Fsp3) is 0.229. The third-order valence-electron chi connectivity index (χ3n) is 8.37. The highest BCUT2D eigenvalue weighted by atomic mass is 19.1. The van der Waals surface area contributed by atoms with Gasteiger partial charge >= 0.3 is 5.97 Å². The van der Waals surface area contributed by atoms with Crippen LogP contribution in [0.25, 0.3) is 22.3 Å². The van der Waals surface area contributed by atoms with Gasteiger partial charge in [0.25, 0.3) is 0 Å². The summed E-state index contributed by atoms with van der Waals surface area (Å²) >= 11 is 0. The van der Waals surface area contributed by atoms with Gasteiger partial charge in [-0.15, -0.1) is 0 Å². The van der Waals surface area contributed by atoms with Crippen molar-refractivity contribution >= 4 is 22.9 Å². The lowest BCUT2D eigenvalue weighted by Gasteiger charge is -2.22. The molecule has 0 radical (unpaired) electrons. The highest BCUT2D eigenvalue weighted by molar-refractivity contribution is 5.92. The number of hydrogen-bond acceptors (Lipinski definition) is 7. The lowest BCUT2D eigenvalue weighted by Crippen LogP contribution is -2.27. The van der Waals surface area contributed by atoms with Crippen molar-refractivity contribution in [3.8, 4) is 23.2 Å². The number of aromatic carboxylic acids is 1. The molecular formula is C35H28F3N5O5. The zero-order valence-corrected chi connectivity index (χ0v) is 25.8. The zero-order chi connectivity index (χ0) is 34.1. The second kappa shape index (κ2) is 13.2. The predicted octanol–water partition coefficient (Wildman–Crippen LogP) is 5.67. The quantitative estimate of drug-likeness (QED) is 0.215. The summed E-state index contributed by atoms with van der Waals surface area (Å²) in [6.45, 7) is 1.79. The van der Waals surface area contributed by atoms with Gasteiger partial charge in [-0.2, -0.15) is 5.26 Å². The number of hydrogen-bond donors (Lipinski definition) is 1. The third-order valence-corrected chi connectivity index (χ3v) is 8.37. The number of imidazole rings is 1. The van der Waals surface area contributed by atoms with Crippen LogP contribution in [0.15, 0.2) is 66.7 Å². The number of benzene rings is 3. The number of pyridine rings is 1. The molecule has 48 heavy (non-hydrogen) atoms. The maximum atomic E-state index is 15.7. The van der Waals surface area contributed by atoms with Crippen molar-refractivity contribution in [2.45, 2.75) is 32.1 Å². The number of carboxylic acids is 1. The Hall–Kier alpha value is -5.74. The van der Waals surface area contributed by atoms with Crippen molar-refractivity contribution in [1.29, 1.82) is 5.26 Å². The van der Waals surface area contributed by atoms with Gasteiger partial charge in [-0.3, -0.25) is 4.79 Å². The van der Waals surface area contributed by atoms with Crippen LogP contribution in [0, 0.1) is 28.8 Å². The Morgan fingerprint density at radius 2 is 1.77 bits per heavy atom. The Labute approximate surface area is 272 Å². The van der Waals surface area contributed by atoms with Gasteiger partial charge in [-0.05, 0) is 54.1 Å². The first-order valence-electron chi connectivity index (χ1n) is 14.9. The predicted molar refractivity (Wildman–Crippen MR) is 167 cm³/mol. The van der Waals surface area contributed by atoms with Crippen molar-refractivity contribution in [3.05, 3.63) is 112 Å². The zero-order valence-electron chi connectivity index (χ0n) is 25.8. The van der Waals surface area contributed by atoms with Crippen molar-refractivity contribution in [3.63, 3.8) is 0 Å². The lowest BCUT2D eigenvalue weighted by molar-refractivity contribution is -0.128. The molecule has 0 aliphatic carbocycles. The first-order valence-corrected chi connectivity index (χ1v) is 14.9. The Kier molecular flexibility index (Phi) is 8.84. The van der Waals surface area contributed by atoms with E-state index in [1.807, 2.05) is 6.07 Å². The van der Waals surface area contributed by atoms with Crippen LogP contribution in [-0.4, -0.2) is 62.7 Å². The summed E-state index contributed by atoms with van der Waals surface area (Å²) in [6.07, 6.45) is -0.615. The van der Waals surface area contributed by atoms with Crippen molar-refractivity contribution in [2.24, 2.45) is 0 Å². The molecule has 244 valence electrons. The van der Waals surface area contributed by atoms with Crippen LogP contribution in [0.1, 0.15) is 45.8 Å². The van der Waals surface area contributed by atoms with Gasteiger partial charge < -0.3 is 24.0 Å². The van der Waals surface area contributed by atoms with Crippen LogP contribution in [0.5, 0.6) is 5.88 Å². The number of carbonyl (C=O) groups is 2. The van der Waals surface area contributed by atoms with Crippen LogP contribution >= 0.6 is 0 Å². The summed E-state index contributed by atoms with van der Waals surface area (Å²) in [7, 11) is 1.51. The molecule has 5 aromatic rings. The number of rotatable bonds is 9. The van der Waals surface area contributed by atoms with Gasteiger partial charge in [0.05, 0.1) is 46.1 Å². The molecule has 10 nitrogen and oxygen atoms in total. The van der Waals surface area contributed by atoms with Crippen molar-refractivity contribution < 1.29 is 37.3 Å². The second-order valence-corrected chi connectivity index (χ2v) is 11.3. The summed E-state index contributed by atoms with van der Waals surface area (Å²) in [5.74, 6) is -3.03. The minimum Gasteiger partial charge on any atom is -0.478 e. The summed E-state index contributed by atoms with van der Waals surface area (Å²) in [4.78, 5) is 34.6. The number of nitrogens with zero attached hydrogens (tertiary/aromatic N) is 5. The molecular weight excluding hydrogens is 627 g/mol. The fourth-order valence-corrected chi connectivity index (χ4v) is 5.89. The van der Waals surface area contributed by atoms with Gasteiger partial charge in [0.15, 0.2) is 0 Å². The first kappa shape index (κ1) is 32.2. The SMILES string of the molecule is CO[C@@H]1CN(C(C)=O)C[C@@H]1n1c(Cc2cc(F)c(-c3cccc(OCc4ccc(C#N)cc4F)n3)cc2F)nc2ccc(C(=O)O)cc21.